The molecule has 6 heteroatoms. The molecule has 2 unspecified atom stereocenters. The molecule has 2 atom stereocenters. The minimum absolute atomic E-state index is 0.00641. The summed E-state index contributed by atoms with van der Waals surface area (Å²) >= 11 is 0. The number of hydrogen-bond donors (Lipinski definition) is 3. The van der Waals surface area contributed by atoms with E-state index in [0.717, 1.165) is 57.8 Å². The van der Waals surface area contributed by atoms with Crippen LogP contribution < -0.4 is 5.32 Å². The number of carbonyl (C=O) groups is 2. The van der Waals surface area contributed by atoms with Gasteiger partial charge in [0.15, 0.2) is 0 Å². The van der Waals surface area contributed by atoms with Gasteiger partial charge in [-0.05, 0) is 96.3 Å². The standard InChI is InChI=1S/C75H139NO5/c1-3-5-7-9-11-13-14-15-16-43-46-49-53-57-61-65-69-75(80)81-70-66-62-58-54-50-47-44-41-39-37-35-33-31-29-27-25-23-21-19-17-18-20-22-24-26-28-30-32-34-36-38-40-42-45-48-52-56-60-64-68-74(79)76-72(71-77)73(78)67-63-59-55-51-12-10-8-6-4-2/h13-14,16-18,21,23,43,63,67,72-73,77-78H,3-12,15,19-20,22,24-42,44-62,64-66,68-71H2,1-2H3,(H,76,79)/b14-13-,18-17-,23-21-,43-16-,67-63+. The Kier molecular flexibility index (Phi) is 67.9. The van der Waals surface area contributed by atoms with E-state index in [1.165, 1.54) is 295 Å². The quantitative estimate of drug-likeness (QED) is 0.0320. The number of amides is 1. The van der Waals surface area contributed by atoms with Crippen molar-refractivity contribution in [3.05, 3.63) is 60.8 Å². The van der Waals surface area contributed by atoms with Crippen LogP contribution in [0.2, 0.25) is 0 Å². The lowest BCUT2D eigenvalue weighted by molar-refractivity contribution is -0.143. The first kappa shape index (κ1) is 78.6. The number of unbranched alkanes of at least 4 members (excludes halogenated alkanes) is 48. The minimum atomic E-state index is -0.840. The number of ether oxygens (including phenoxy) is 1. The van der Waals surface area contributed by atoms with Crippen LogP contribution >= 0.6 is 0 Å². The molecule has 0 fully saturated rings. The highest BCUT2D eigenvalue weighted by atomic mass is 16.5. The second kappa shape index (κ2) is 70.0. The van der Waals surface area contributed by atoms with Gasteiger partial charge in [-0.25, -0.2) is 0 Å². The molecule has 6 nitrogen and oxygen atoms in total. The Morgan fingerprint density at radius 2 is 0.617 bits per heavy atom. The van der Waals surface area contributed by atoms with E-state index in [0.29, 0.717) is 19.4 Å². The third kappa shape index (κ3) is 66.6. The fraction of sp³-hybridized carbons (Fsp3) is 0.840. The summed E-state index contributed by atoms with van der Waals surface area (Å²) in [5, 5.41) is 23.0. The van der Waals surface area contributed by atoms with Crippen LogP contribution in [-0.2, 0) is 14.3 Å². The highest BCUT2D eigenvalue weighted by Gasteiger charge is 2.18. The van der Waals surface area contributed by atoms with Crippen molar-refractivity contribution >= 4 is 11.9 Å². The van der Waals surface area contributed by atoms with Gasteiger partial charge in [-0.3, -0.25) is 9.59 Å². The Hall–Kier alpha value is -2.44. The number of hydrogen-bond acceptors (Lipinski definition) is 5. The molecule has 0 aromatic rings. The maximum Gasteiger partial charge on any atom is 0.305 e. The SMILES string of the molecule is CCCCCC/C=C\C/C=C\CCCCCCCC(=O)OCCCCCCCCCCCCCCCCC/C=C\C/C=C\CCCCCCCCCCCCCCCCCCCC(=O)NC(CO)C(O)/C=C/CCCCCCCCC. The van der Waals surface area contributed by atoms with Gasteiger partial charge in [0, 0.05) is 12.8 Å². The lowest BCUT2D eigenvalue weighted by Gasteiger charge is -2.20. The molecular formula is C75H139NO5. The van der Waals surface area contributed by atoms with Crippen molar-refractivity contribution in [2.24, 2.45) is 0 Å². The molecule has 0 aliphatic rings. The van der Waals surface area contributed by atoms with Crippen LogP contribution in [0.25, 0.3) is 0 Å². The molecule has 1 amide bonds. The van der Waals surface area contributed by atoms with E-state index in [-0.39, 0.29) is 18.5 Å². The monoisotopic (exact) mass is 1130 g/mol. The van der Waals surface area contributed by atoms with Crippen molar-refractivity contribution in [1.29, 1.82) is 0 Å². The number of esters is 1. The van der Waals surface area contributed by atoms with E-state index < -0.39 is 12.1 Å². The Morgan fingerprint density at radius 1 is 0.346 bits per heavy atom. The zero-order chi connectivity index (χ0) is 58.5. The average molecular weight is 1130 g/mol. The van der Waals surface area contributed by atoms with Gasteiger partial charge >= 0.3 is 5.97 Å². The van der Waals surface area contributed by atoms with Crippen molar-refractivity contribution in [1.82, 2.24) is 5.32 Å². The van der Waals surface area contributed by atoms with Crippen LogP contribution in [0.1, 0.15) is 380 Å². The van der Waals surface area contributed by atoms with Gasteiger partial charge in [0.05, 0.1) is 25.4 Å². The van der Waals surface area contributed by atoms with Crippen LogP contribution in [0.3, 0.4) is 0 Å². The largest absolute Gasteiger partial charge is 0.466 e. The van der Waals surface area contributed by atoms with Crippen molar-refractivity contribution < 1.29 is 24.5 Å². The van der Waals surface area contributed by atoms with E-state index in [9.17, 15) is 19.8 Å². The summed E-state index contributed by atoms with van der Waals surface area (Å²) in [5.74, 6) is -0.0606. The van der Waals surface area contributed by atoms with Crippen molar-refractivity contribution in [2.45, 2.75) is 392 Å². The van der Waals surface area contributed by atoms with E-state index in [2.05, 4.69) is 67.8 Å². The first-order valence-electron chi connectivity index (χ1n) is 36.1. The zero-order valence-electron chi connectivity index (χ0n) is 54.3. The predicted molar refractivity (Wildman–Crippen MR) is 356 cm³/mol. The summed E-state index contributed by atoms with van der Waals surface area (Å²) in [4.78, 5) is 24.5. The fourth-order valence-electron chi connectivity index (χ4n) is 11.0. The average Bonchev–Trinajstić information content (AvgIpc) is 3.47. The highest BCUT2D eigenvalue weighted by molar-refractivity contribution is 5.76. The molecule has 474 valence electrons. The maximum absolute atomic E-state index is 12.4. The molecule has 0 saturated carbocycles. The smallest absolute Gasteiger partial charge is 0.305 e. The third-order valence-corrected chi connectivity index (χ3v) is 16.5. The van der Waals surface area contributed by atoms with Gasteiger partial charge in [-0.1, -0.05) is 331 Å². The van der Waals surface area contributed by atoms with Gasteiger partial charge in [0.1, 0.15) is 0 Å². The maximum atomic E-state index is 12.4. The molecule has 0 aromatic heterocycles. The first-order chi connectivity index (χ1) is 40.0. The van der Waals surface area contributed by atoms with Gasteiger partial charge in [-0.15, -0.1) is 0 Å². The van der Waals surface area contributed by atoms with Crippen LogP contribution in [0, 0.1) is 0 Å². The molecule has 0 radical (unpaired) electrons. The lowest BCUT2D eigenvalue weighted by Crippen LogP contribution is -2.45. The Bertz CT molecular complexity index is 1400. The predicted octanol–water partition coefficient (Wildman–Crippen LogP) is 23.4. The molecule has 0 spiro atoms. The first-order valence-corrected chi connectivity index (χ1v) is 36.1. The molecule has 0 aromatic carbocycles. The van der Waals surface area contributed by atoms with Crippen LogP contribution in [0.4, 0.5) is 0 Å². The fourth-order valence-corrected chi connectivity index (χ4v) is 11.0. The highest BCUT2D eigenvalue weighted by Crippen LogP contribution is 2.18. The normalized spacial score (nSPS) is 12.9. The summed E-state index contributed by atoms with van der Waals surface area (Å²) < 4.78 is 5.49. The summed E-state index contributed by atoms with van der Waals surface area (Å²) in [7, 11) is 0. The number of aliphatic hydroxyl groups excluding tert-OH is 2. The van der Waals surface area contributed by atoms with Crippen molar-refractivity contribution in [2.75, 3.05) is 13.2 Å². The molecule has 0 aliphatic heterocycles. The molecule has 0 aliphatic carbocycles. The van der Waals surface area contributed by atoms with Crippen molar-refractivity contribution in [3.63, 3.8) is 0 Å². The molecule has 0 rings (SSSR count). The Labute approximate surface area is 505 Å². The molecule has 0 heterocycles. The summed E-state index contributed by atoms with van der Waals surface area (Å²) in [5.41, 5.74) is 0. The van der Waals surface area contributed by atoms with E-state index in [1.807, 2.05) is 6.08 Å². The zero-order valence-corrected chi connectivity index (χ0v) is 54.3. The second-order valence-corrected chi connectivity index (χ2v) is 24.6. The van der Waals surface area contributed by atoms with Crippen molar-refractivity contribution in [3.8, 4) is 0 Å². The number of nitrogens with one attached hydrogen (secondary N) is 1. The van der Waals surface area contributed by atoms with Crippen LogP contribution in [0.15, 0.2) is 60.8 Å². The Morgan fingerprint density at radius 3 is 0.951 bits per heavy atom. The third-order valence-electron chi connectivity index (χ3n) is 16.5. The van der Waals surface area contributed by atoms with Gasteiger partial charge < -0.3 is 20.3 Å². The summed E-state index contributed by atoms with van der Waals surface area (Å²) in [6.07, 6.45) is 93.4. The van der Waals surface area contributed by atoms with Gasteiger partial charge in [0.2, 0.25) is 5.91 Å². The van der Waals surface area contributed by atoms with Crippen LogP contribution in [0.5, 0.6) is 0 Å². The number of rotatable bonds is 67. The summed E-state index contributed by atoms with van der Waals surface area (Å²) in [6, 6.07) is -0.624. The number of allylic oxidation sites excluding steroid dienone is 9. The molecular weight excluding hydrogens is 995 g/mol. The molecule has 81 heavy (non-hydrogen) atoms. The second-order valence-electron chi connectivity index (χ2n) is 24.6. The van der Waals surface area contributed by atoms with Gasteiger partial charge in [0.25, 0.3) is 0 Å². The molecule has 0 saturated heterocycles. The van der Waals surface area contributed by atoms with Gasteiger partial charge in [-0.2, -0.15) is 0 Å². The number of aliphatic hydroxyl groups is 2. The molecule has 3 N–H and O–H groups in total. The molecule has 0 bridgehead atoms. The van der Waals surface area contributed by atoms with E-state index >= 15 is 0 Å². The number of carbonyl (C=O) groups excluding carboxylic acids is 2. The van der Waals surface area contributed by atoms with Crippen LogP contribution in [-0.4, -0.2) is 47.4 Å². The lowest BCUT2D eigenvalue weighted by atomic mass is 10.0. The minimum Gasteiger partial charge on any atom is -0.466 e. The summed E-state index contributed by atoms with van der Waals surface area (Å²) in [6.45, 7) is 4.87. The Balaban J connectivity index is 3.34. The topological polar surface area (TPSA) is 95.9 Å². The van der Waals surface area contributed by atoms with E-state index in [1.54, 1.807) is 6.08 Å². The van der Waals surface area contributed by atoms with E-state index in [4.69, 9.17) is 4.74 Å².